The van der Waals surface area contributed by atoms with Crippen LogP contribution in [0.2, 0.25) is 0 Å². The average Bonchev–Trinajstić information content (AvgIpc) is 3.82. The van der Waals surface area contributed by atoms with Gasteiger partial charge >= 0.3 is 0 Å². The van der Waals surface area contributed by atoms with Gasteiger partial charge in [0.05, 0.1) is 18.6 Å². The van der Waals surface area contributed by atoms with Crippen LogP contribution in [0.25, 0.3) is 0 Å². The lowest BCUT2D eigenvalue weighted by molar-refractivity contribution is -0.145. The normalized spacial score (nSPS) is 26.6. The molecule has 14 nitrogen and oxygen atoms in total. The Morgan fingerprint density at radius 1 is 1.00 bits per heavy atom. The third kappa shape index (κ3) is 9.37. The third-order valence-electron chi connectivity index (χ3n) is 11.6. The second kappa shape index (κ2) is 15.6. The number of rotatable bonds is 16. The van der Waals surface area contributed by atoms with Gasteiger partial charge in [0.15, 0.2) is 6.10 Å². The van der Waals surface area contributed by atoms with Gasteiger partial charge in [-0.25, -0.2) is 0 Å². The van der Waals surface area contributed by atoms with Crippen LogP contribution in [-0.4, -0.2) is 126 Å². The summed E-state index contributed by atoms with van der Waals surface area (Å²) in [6, 6.07) is -3.08. The summed E-state index contributed by atoms with van der Waals surface area (Å²) >= 11 is 0. The van der Waals surface area contributed by atoms with Crippen LogP contribution in [0.3, 0.4) is 0 Å². The van der Waals surface area contributed by atoms with Gasteiger partial charge in [-0.2, -0.15) is 17.0 Å². The number of carbonyl (C=O) groups excluding carboxylic acids is 4. The van der Waals surface area contributed by atoms with Crippen LogP contribution in [0, 0.1) is 34.0 Å². The molecule has 5 N–H and O–H groups in total. The average molecular weight is 752 g/mol. The van der Waals surface area contributed by atoms with Crippen molar-refractivity contribution >= 4 is 33.8 Å². The zero-order valence-electron chi connectivity index (χ0n) is 33.0. The summed E-state index contributed by atoms with van der Waals surface area (Å²) in [5.74, 6) is -1.31. The highest BCUT2D eigenvalue weighted by molar-refractivity contribution is 7.87. The summed E-state index contributed by atoms with van der Waals surface area (Å²) in [6.45, 7) is 24.2. The Balaban J connectivity index is 1.47. The number of nitrogens with one attached hydrogen (secondary N) is 4. The Hall–Kier alpha value is -2.59. The van der Waals surface area contributed by atoms with E-state index < -0.39 is 57.2 Å². The molecule has 2 aliphatic carbocycles. The second-order valence-electron chi connectivity index (χ2n) is 18.4. The topological polar surface area (TPSA) is 180 Å². The molecule has 15 heteroatoms. The lowest BCUT2D eigenvalue weighted by Crippen LogP contribution is -2.61. The van der Waals surface area contributed by atoms with Crippen LogP contribution < -0.4 is 21.3 Å². The largest absolute Gasteiger partial charge is 0.381 e. The van der Waals surface area contributed by atoms with Gasteiger partial charge in [-0.05, 0) is 54.3 Å². The Morgan fingerprint density at radius 3 is 2.15 bits per heavy atom. The van der Waals surface area contributed by atoms with E-state index in [1.165, 1.54) is 14.7 Å². The number of fused-ring (bicyclic) bond motifs is 1. The van der Waals surface area contributed by atoms with Gasteiger partial charge in [0.1, 0.15) is 6.04 Å². The first-order valence-corrected chi connectivity index (χ1v) is 20.3. The van der Waals surface area contributed by atoms with Crippen LogP contribution >= 0.6 is 0 Å². The molecule has 2 saturated heterocycles. The maximum absolute atomic E-state index is 14.5. The van der Waals surface area contributed by atoms with Crippen molar-refractivity contribution in [2.24, 2.45) is 34.0 Å². The molecule has 2 saturated carbocycles. The number of amides is 4. The number of hydrogen-bond donors (Lipinski definition) is 5. The minimum absolute atomic E-state index is 0.0882. The minimum Gasteiger partial charge on any atom is -0.381 e. The van der Waals surface area contributed by atoms with Crippen molar-refractivity contribution in [3.8, 4) is 0 Å². The first-order valence-electron chi connectivity index (χ1n) is 18.9. The first-order chi connectivity index (χ1) is 23.9. The maximum atomic E-state index is 14.5. The highest BCUT2D eigenvalue weighted by Crippen LogP contribution is 2.65. The molecule has 0 spiro atoms. The molecule has 2 heterocycles. The van der Waals surface area contributed by atoms with E-state index in [0.29, 0.717) is 32.0 Å². The number of aliphatic hydroxyl groups excluding tert-OH is 1. The smallest absolute Gasteiger partial charge is 0.282 e. The molecule has 296 valence electrons. The number of piperidine rings is 1. The van der Waals surface area contributed by atoms with Crippen LogP contribution in [-0.2, 0) is 29.4 Å². The lowest BCUT2D eigenvalue weighted by Gasteiger charge is -2.38. The molecule has 52 heavy (non-hydrogen) atoms. The summed E-state index contributed by atoms with van der Waals surface area (Å²) in [5.41, 5.74) is -1.26. The molecule has 0 bridgehead atoms. The Kier molecular flexibility index (Phi) is 12.7. The molecule has 2 aliphatic heterocycles. The van der Waals surface area contributed by atoms with Crippen molar-refractivity contribution in [1.29, 1.82) is 0 Å². The lowest BCUT2D eigenvalue weighted by atomic mass is 9.85. The molecule has 0 aromatic heterocycles. The van der Waals surface area contributed by atoms with Crippen LogP contribution in [0.15, 0.2) is 12.7 Å². The quantitative estimate of drug-likeness (QED) is 0.146. The maximum Gasteiger partial charge on any atom is 0.282 e. The monoisotopic (exact) mass is 751 g/mol. The molecule has 3 unspecified atom stereocenters. The Bertz CT molecular complexity index is 1470. The standard InChI is InChI=1S/C37H65N7O7S/c1-12-15-38-33(48)30(46)25(18-23-13-14-23)40-32(47)29-28-24(37(28,10)11)20-43(29)34(49)31(36(7,8)9)39-19-27(45)41-26(35(4,5)6)21-42-16-17-44(22(2)3)52(42,50)51/h12,22-26,28-31,39,46H,1,13-21H2,2-11H3,(H,38,48)(H,40,47)(H,41,45)/t24-,25?,26+,28?,29-,30?,31+/m0/s1. The summed E-state index contributed by atoms with van der Waals surface area (Å²) in [5, 5.41) is 22.8. The zero-order chi connectivity index (χ0) is 39.1. The van der Waals surface area contributed by atoms with Gasteiger partial charge in [-0.1, -0.05) is 74.3 Å². The van der Waals surface area contributed by atoms with E-state index in [0.717, 1.165) is 12.8 Å². The van der Waals surface area contributed by atoms with Crippen LogP contribution in [0.1, 0.15) is 88.5 Å². The van der Waals surface area contributed by atoms with Crippen LogP contribution in [0.4, 0.5) is 0 Å². The number of nitrogens with zero attached hydrogens (tertiary/aromatic N) is 3. The van der Waals surface area contributed by atoms with Gasteiger partial charge in [-0.3, -0.25) is 24.5 Å². The fraction of sp³-hybridized carbons (Fsp3) is 0.838. The molecule has 4 fully saturated rings. The number of likely N-dealkylation sites (tertiary alicyclic amines) is 1. The summed E-state index contributed by atoms with van der Waals surface area (Å²) in [6.07, 6.45) is 2.47. The molecule has 7 atom stereocenters. The van der Waals surface area contributed by atoms with Crippen molar-refractivity contribution in [3.05, 3.63) is 12.7 Å². The van der Waals surface area contributed by atoms with Gasteiger partial charge in [0, 0.05) is 44.8 Å². The second-order valence-corrected chi connectivity index (χ2v) is 20.3. The SMILES string of the molecule is C=CCNC(=O)C(O)C(CC1CC1)NC(=O)[C@@H]1C2[C@H](CN1C(=O)[C@@H](NCC(=O)N[C@H](CN1CCN(C(C)C)S1(=O)=O)C(C)(C)C)C(C)(C)C)C2(C)C. The molecule has 4 rings (SSSR count). The predicted molar refractivity (Wildman–Crippen MR) is 200 cm³/mol. The summed E-state index contributed by atoms with van der Waals surface area (Å²) in [4.78, 5) is 56.4. The van der Waals surface area contributed by atoms with E-state index in [2.05, 4.69) is 41.7 Å². The fourth-order valence-corrected chi connectivity index (χ4v) is 9.72. The Labute approximate surface area is 311 Å². The highest BCUT2D eigenvalue weighted by atomic mass is 32.2. The number of aliphatic hydroxyl groups is 1. The van der Waals surface area contributed by atoms with E-state index in [9.17, 15) is 32.7 Å². The highest BCUT2D eigenvalue weighted by Gasteiger charge is 2.70. The van der Waals surface area contributed by atoms with Crippen molar-refractivity contribution in [2.45, 2.75) is 125 Å². The van der Waals surface area contributed by atoms with Crippen molar-refractivity contribution in [1.82, 2.24) is 34.8 Å². The van der Waals surface area contributed by atoms with E-state index in [4.69, 9.17) is 0 Å². The molecule has 4 aliphatic rings. The van der Waals surface area contributed by atoms with Crippen LogP contribution in [0.5, 0.6) is 0 Å². The van der Waals surface area contributed by atoms with Gasteiger partial charge in [0.25, 0.3) is 16.1 Å². The molecule has 4 amide bonds. The van der Waals surface area contributed by atoms with E-state index in [1.54, 1.807) is 4.90 Å². The summed E-state index contributed by atoms with van der Waals surface area (Å²) in [7, 11) is -3.65. The predicted octanol–water partition coefficient (Wildman–Crippen LogP) is 1.22. The van der Waals surface area contributed by atoms with Crippen molar-refractivity contribution < 1.29 is 32.7 Å². The molecule has 0 aromatic rings. The van der Waals surface area contributed by atoms with E-state index in [-0.39, 0.29) is 60.6 Å². The van der Waals surface area contributed by atoms with E-state index >= 15 is 0 Å². The number of carbonyl (C=O) groups is 4. The Morgan fingerprint density at radius 2 is 1.63 bits per heavy atom. The fourth-order valence-electron chi connectivity index (χ4n) is 7.93. The molecular weight excluding hydrogens is 687 g/mol. The molecule has 0 radical (unpaired) electrons. The summed E-state index contributed by atoms with van der Waals surface area (Å²) < 4.78 is 29.2. The van der Waals surface area contributed by atoms with Crippen molar-refractivity contribution in [2.75, 3.05) is 39.3 Å². The zero-order valence-corrected chi connectivity index (χ0v) is 33.8. The van der Waals surface area contributed by atoms with Crippen molar-refractivity contribution in [3.63, 3.8) is 0 Å². The molecular formula is C37H65N7O7S. The van der Waals surface area contributed by atoms with E-state index in [1.807, 2.05) is 55.4 Å². The van der Waals surface area contributed by atoms with Gasteiger partial charge < -0.3 is 26.0 Å². The van der Waals surface area contributed by atoms with Gasteiger partial charge in [0.2, 0.25) is 17.7 Å². The minimum atomic E-state index is -3.65. The molecule has 0 aromatic carbocycles. The first kappa shape index (κ1) is 42.2. The number of hydrogen-bond acceptors (Lipinski definition) is 8. The third-order valence-corrected chi connectivity index (χ3v) is 13.7. The van der Waals surface area contributed by atoms with Gasteiger partial charge in [-0.15, -0.1) is 6.58 Å².